The van der Waals surface area contributed by atoms with Crippen molar-refractivity contribution >= 4 is 48.5 Å². The standard InChI is InChI=1S/C24H23BrN2O5S/c1-2-27(18-10-11-33(30,31)15-18)23(28)14-32-24(29)20-13-22(16-6-4-3-5-7-16)26-21-9-8-17(25)12-19(20)21/h3-9,12-13,18H,2,10-11,14-15H2,1H3/t18-/m0/s1. The van der Waals surface area contributed by atoms with Gasteiger partial charge in [-0.25, -0.2) is 18.2 Å². The number of pyridine rings is 1. The minimum absolute atomic E-state index is 0.0516. The molecule has 1 aliphatic heterocycles. The van der Waals surface area contributed by atoms with Crippen molar-refractivity contribution < 1.29 is 22.7 Å². The highest BCUT2D eigenvalue weighted by Gasteiger charge is 2.34. The summed E-state index contributed by atoms with van der Waals surface area (Å²) in [5.41, 5.74) is 2.41. The number of esters is 1. The highest BCUT2D eigenvalue weighted by molar-refractivity contribution is 9.10. The summed E-state index contributed by atoms with van der Waals surface area (Å²) in [6.07, 6.45) is 0.402. The highest BCUT2D eigenvalue weighted by Crippen LogP contribution is 2.28. The van der Waals surface area contributed by atoms with Crippen LogP contribution in [0.1, 0.15) is 23.7 Å². The molecule has 0 N–H and O–H groups in total. The van der Waals surface area contributed by atoms with Gasteiger partial charge in [-0.1, -0.05) is 46.3 Å². The fraction of sp³-hybridized carbons (Fsp3) is 0.292. The minimum Gasteiger partial charge on any atom is -0.452 e. The van der Waals surface area contributed by atoms with Gasteiger partial charge in [0.05, 0.1) is 28.3 Å². The van der Waals surface area contributed by atoms with E-state index >= 15 is 0 Å². The zero-order valence-corrected chi connectivity index (χ0v) is 20.4. The van der Waals surface area contributed by atoms with Gasteiger partial charge in [0.25, 0.3) is 5.91 Å². The van der Waals surface area contributed by atoms with Crippen LogP contribution in [-0.4, -0.2) is 60.9 Å². The first-order chi connectivity index (χ1) is 15.8. The Morgan fingerprint density at radius 1 is 1.15 bits per heavy atom. The first kappa shape index (κ1) is 23.4. The number of fused-ring (bicyclic) bond motifs is 1. The van der Waals surface area contributed by atoms with Crippen LogP contribution in [0.15, 0.2) is 59.1 Å². The fourth-order valence-electron chi connectivity index (χ4n) is 4.07. The molecular weight excluding hydrogens is 508 g/mol. The van der Waals surface area contributed by atoms with Gasteiger partial charge in [-0.15, -0.1) is 0 Å². The van der Waals surface area contributed by atoms with Crippen molar-refractivity contribution in [2.24, 2.45) is 0 Å². The summed E-state index contributed by atoms with van der Waals surface area (Å²) in [4.78, 5) is 32.0. The Kier molecular flexibility index (Phi) is 6.81. The van der Waals surface area contributed by atoms with E-state index in [-0.39, 0.29) is 17.5 Å². The second-order valence-corrected chi connectivity index (χ2v) is 11.0. The van der Waals surface area contributed by atoms with E-state index in [9.17, 15) is 18.0 Å². The molecule has 1 saturated heterocycles. The van der Waals surface area contributed by atoms with Crippen molar-refractivity contribution in [3.63, 3.8) is 0 Å². The number of ether oxygens (including phenoxy) is 1. The van der Waals surface area contributed by atoms with E-state index in [0.29, 0.717) is 35.1 Å². The molecule has 1 amide bonds. The first-order valence-electron chi connectivity index (χ1n) is 10.6. The van der Waals surface area contributed by atoms with Gasteiger partial charge in [-0.05, 0) is 37.6 Å². The van der Waals surface area contributed by atoms with Crippen LogP contribution in [0, 0.1) is 0 Å². The average molecular weight is 531 g/mol. The van der Waals surface area contributed by atoms with Crippen molar-refractivity contribution in [1.29, 1.82) is 0 Å². The van der Waals surface area contributed by atoms with Gasteiger partial charge < -0.3 is 9.64 Å². The van der Waals surface area contributed by atoms with Crippen molar-refractivity contribution in [2.45, 2.75) is 19.4 Å². The number of nitrogens with zero attached hydrogens (tertiary/aromatic N) is 2. The van der Waals surface area contributed by atoms with E-state index in [4.69, 9.17) is 4.74 Å². The summed E-state index contributed by atoms with van der Waals surface area (Å²) in [6, 6.07) is 16.2. The number of sulfone groups is 1. The van der Waals surface area contributed by atoms with Crippen LogP contribution in [0.4, 0.5) is 0 Å². The lowest BCUT2D eigenvalue weighted by Crippen LogP contribution is -2.43. The van der Waals surface area contributed by atoms with E-state index in [1.807, 2.05) is 42.5 Å². The lowest BCUT2D eigenvalue weighted by molar-refractivity contribution is -0.136. The van der Waals surface area contributed by atoms with E-state index in [1.54, 1.807) is 19.1 Å². The molecule has 4 rings (SSSR count). The lowest BCUT2D eigenvalue weighted by atomic mass is 10.0. The zero-order valence-electron chi connectivity index (χ0n) is 18.0. The van der Waals surface area contributed by atoms with E-state index in [1.165, 1.54) is 4.90 Å². The Hall–Kier alpha value is -2.78. The SMILES string of the molecule is CCN(C(=O)COC(=O)c1cc(-c2ccccc2)nc2ccc(Br)cc12)[C@H]1CCS(=O)(=O)C1. The maximum atomic E-state index is 13.1. The van der Waals surface area contributed by atoms with E-state index in [2.05, 4.69) is 20.9 Å². The molecule has 33 heavy (non-hydrogen) atoms. The van der Waals surface area contributed by atoms with Crippen LogP contribution in [0.5, 0.6) is 0 Å². The molecule has 1 aliphatic rings. The maximum absolute atomic E-state index is 13.1. The van der Waals surface area contributed by atoms with Crippen molar-refractivity contribution in [3.8, 4) is 11.3 Å². The molecule has 1 aromatic heterocycles. The van der Waals surface area contributed by atoms with Gasteiger partial charge in [-0.3, -0.25) is 4.79 Å². The lowest BCUT2D eigenvalue weighted by Gasteiger charge is -2.26. The van der Waals surface area contributed by atoms with Gasteiger partial charge in [0.15, 0.2) is 16.4 Å². The molecule has 1 fully saturated rings. The minimum atomic E-state index is -3.13. The molecule has 7 nitrogen and oxygen atoms in total. The molecule has 2 aromatic carbocycles. The average Bonchev–Trinajstić information content (AvgIpc) is 3.17. The van der Waals surface area contributed by atoms with Crippen LogP contribution in [0.25, 0.3) is 22.2 Å². The Bertz CT molecular complexity index is 1310. The highest BCUT2D eigenvalue weighted by atomic mass is 79.9. The second kappa shape index (κ2) is 9.61. The number of carbonyl (C=O) groups is 2. The van der Waals surface area contributed by atoms with Gasteiger partial charge in [0, 0.05) is 28.0 Å². The Labute approximate surface area is 200 Å². The number of benzene rings is 2. The number of rotatable bonds is 6. The van der Waals surface area contributed by atoms with Gasteiger partial charge in [0.1, 0.15) is 0 Å². The summed E-state index contributed by atoms with van der Waals surface area (Å²) in [6.45, 7) is 1.67. The van der Waals surface area contributed by atoms with Gasteiger partial charge in [-0.2, -0.15) is 0 Å². The molecule has 3 aromatic rings. The largest absolute Gasteiger partial charge is 0.452 e. The van der Waals surface area contributed by atoms with Crippen LogP contribution in [0.3, 0.4) is 0 Å². The summed E-state index contributed by atoms with van der Waals surface area (Å²) < 4.78 is 29.8. The summed E-state index contributed by atoms with van der Waals surface area (Å²) in [5, 5.41) is 0.607. The van der Waals surface area contributed by atoms with Gasteiger partial charge >= 0.3 is 5.97 Å². The predicted molar refractivity (Wildman–Crippen MR) is 130 cm³/mol. The Morgan fingerprint density at radius 3 is 2.58 bits per heavy atom. The molecule has 2 heterocycles. The quantitative estimate of drug-likeness (QED) is 0.449. The number of carbonyl (C=O) groups excluding carboxylic acids is 2. The summed E-state index contributed by atoms with van der Waals surface area (Å²) >= 11 is 3.43. The topological polar surface area (TPSA) is 93.6 Å². The van der Waals surface area contributed by atoms with Crippen LogP contribution >= 0.6 is 15.9 Å². The smallest absolute Gasteiger partial charge is 0.339 e. The predicted octanol–water partition coefficient (Wildman–Crippen LogP) is 3.86. The number of hydrogen-bond acceptors (Lipinski definition) is 6. The normalized spacial score (nSPS) is 17.1. The molecule has 0 aliphatic carbocycles. The molecule has 0 radical (unpaired) electrons. The summed E-state index contributed by atoms with van der Waals surface area (Å²) in [5.74, 6) is -1.03. The Balaban J connectivity index is 1.58. The van der Waals surface area contributed by atoms with Crippen LogP contribution < -0.4 is 0 Å². The number of halogens is 1. The molecule has 0 saturated carbocycles. The number of hydrogen-bond donors (Lipinski definition) is 0. The second-order valence-electron chi connectivity index (χ2n) is 7.90. The molecule has 1 atom stereocenters. The van der Waals surface area contributed by atoms with E-state index in [0.717, 1.165) is 10.0 Å². The molecule has 9 heteroatoms. The third kappa shape index (κ3) is 5.25. The zero-order chi connectivity index (χ0) is 23.6. The van der Waals surface area contributed by atoms with Crippen LogP contribution in [-0.2, 0) is 19.4 Å². The Morgan fingerprint density at radius 2 is 1.91 bits per heavy atom. The van der Waals surface area contributed by atoms with E-state index < -0.39 is 28.3 Å². The maximum Gasteiger partial charge on any atom is 0.339 e. The number of aromatic nitrogens is 1. The molecule has 172 valence electrons. The van der Waals surface area contributed by atoms with Crippen molar-refractivity contribution in [3.05, 3.63) is 64.6 Å². The van der Waals surface area contributed by atoms with Crippen LogP contribution in [0.2, 0.25) is 0 Å². The van der Waals surface area contributed by atoms with Crippen molar-refractivity contribution in [2.75, 3.05) is 24.7 Å². The number of likely N-dealkylation sites (N-methyl/N-ethyl adjacent to an activating group) is 1. The number of amides is 1. The third-order valence-corrected chi connectivity index (χ3v) is 7.94. The van der Waals surface area contributed by atoms with Crippen molar-refractivity contribution in [1.82, 2.24) is 9.88 Å². The molecule has 0 spiro atoms. The monoisotopic (exact) mass is 530 g/mol. The molecular formula is C24H23BrN2O5S. The molecule has 0 unspecified atom stereocenters. The third-order valence-electron chi connectivity index (χ3n) is 5.70. The first-order valence-corrected chi connectivity index (χ1v) is 13.2. The fourth-order valence-corrected chi connectivity index (χ4v) is 6.16. The summed E-state index contributed by atoms with van der Waals surface area (Å²) in [7, 11) is -3.13. The molecule has 0 bridgehead atoms. The van der Waals surface area contributed by atoms with Gasteiger partial charge in [0.2, 0.25) is 0 Å².